The van der Waals surface area contributed by atoms with Gasteiger partial charge in [0.05, 0.1) is 5.52 Å². The summed E-state index contributed by atoms with van der Waals surface area (Å²) in [5, 5.41) is 3.76. The Labute approximate surface area is 189 Å². The number of likely N-dealkylation sites (tertiary alicyclic amines) is 1. The maximum Gasteiger partial charge on any atom is 0.573 e. The molecule has 1 aliphatic rings. The summed E-state index contributed by atoms with van der Waals surface area (Å²) in [4.78, 5) is 25.6. The maximum atomic E-state index is 13.0. The van der Waals surface area contributed by atoms with E-state index in [1.807, 2.05) is 7.05 Å². The van der Waals surface area contributed by atoms with Gasteiger partial charge < -0.3 is 19.9 Å². The van der Waals surface area contributed by atoms with Crippen molar-refractivity contribution >= 4 is 28.3 Å². The third-order valence-electron chi connectivity index (χ3n) is 5.79. The lowest BCUT2D eigenvalue weighted by Crippen LogP contribution is -2.44. The molecular formula is C23H24F3N5O2. The highest BCUT2D eigenvalue weighted by Crippen LogP contribution is 2.28. The van der Waals surface area contributed by atoms with Crippen molar-refractivity contribution in [1.29, 1.82) is 0 Å². The molecule has 2 aromatic carbocycles. The molecule has 1 fully saturated rings. The van der Waals surface area contributed by atoms with Crippen molar-refractivity contribution in [3.8, 4) is 5.75 Å². The van der Waals surface area contributed by atoms with Gasteiger partial charge in [0.2, 0.25) is 0 Å². The maximum absolute atomic E-state index is 13.0. The van der Waals surface area contributed by atoms with Crippen molar-refractivity contribution < 1.29 is 22.7 Å². The van der Waals surface area contributed by atoms with Crippen LogP contribution in [0.1, 0.15) is 23.2 Å². The number of nitrogens with zero attached hydrogens (tertiary/aromatic N) is 4. The molecule has 1 N–H and O–H groups in total. The van der Waals surface area contributed by atoms with E-state index in [4.69, 9.17) is 0 Å². The zero-order chi connectivity index (χ0) is 23.6. The van der Waals surface area contributed by atoms with Crippen LogP contribution in [-0.4, -0.2) is 65.3 Å². The molecule has 0 unspecified atom stereocenters. The molecule has 33 heavy (non-hydrogen) atoms. The summed E-state index contributed by atoms with van der Waals surface area (Å²) in [5.41, 5.74) is 1.67. The summed E-state index contributed by atoms with van der Waals surface area (Å²) in [6, 6.07) is 10.8. The third kappa shape index (κ3) is 5.51. The number of nitrogens with one attached hydrogen (secondary N) is 1. The Hall–Kier alpha value is -3.40. The minimum Gasteiger partial charge on any atom is -0.406 e. The third-order valence-corrected chi connectivity index (χ3v) is 5.79. The number of carbonyl (C=O) groups excluding carboxylic acids is 1. The van der Waals surface area contributed by atoms with Gasteiger partial charge in [0.25, 0.3) is 5.91 Å². The normalized spacial score (nSPS) is 15.4. The summed E-state index contributed by atoms with van der Waals surface area (Å²) in [7, 11) is 3.92. The Morgan fingerprint density at radius 2 is 1.82 bits per heavy atom. The van der Waals surface area contributed by atoms with Crippen LogP contribution in [0, 0.1) is 0 Å². The molecule has 174 valence electrons. The molecule has 0 aliphatic carbocycles. The second-order valence-electron chi connectivity index (χ2n) is 8.10. The van der Waals surface area contributed by atoms with Gasteiger partial charge >= 0.3 is 6.36 Å². The van der Waals surface area contributed by atoms with E-state index in [9.17, 15) is 18.0 Å². The molecular weight excluding hydrogens is 435 g/mol. The van der Waals surface area contributed by atoms with Gasteiger partial charge in [-0.2, -0.15) is 0 Å². The quantitative estimate of drug-likeness (QED) is 0.609. The van der Waals surface area contributed by atoms with E-state index in [1.54, 1.807) is 23.1 Å². The number of carbonyl (C=O) groups is 1. The monoisotopic (exact) mass is 459 g/mol. The fourth-order valence-electron chi connectivity index (χ4n) is 3.92. The summed E-state index contributed by atoms with van der Waals surface area (Å²) < 4.78 is 40.9. The lowest BCUT2D eigenvalue weighted by molar-refractivity contribution is -0.274. The fraction of sp³-hybridized carbons (Fsp3) is 0.348. The molecule has 1 aromatic heterocycles. The van der Waals surface area contributed by atoms with E-state index < -0.39 is 6.36 Å². The molecule has 0 radical (unpaired) electrons. The minimum atomic E-state index is -4.74. The number of piperidine rings is 1. The molecule has 0 atom stereocenters. The first kappa shape index (κ1) is 22.8. The highest BCUT2D eigenvalue weighted by atomic mass is 19.4. The molecule has 0 spiro atoms. The van der Waals surface area contributed by atoms with Gasteiger partial charge in [-0.05, 0) is 75.4 Å². The predicted molar refractivity (Wildman–Crippen MR) is 119 cm³/mol. The van der Waals surface area contributed by atoms with Gasteiger partial charge in [0.15, 0.2) is 0 Å². The second-order valence-corrected chi connectivity index (χ2v) is 8.10. The summed E-state index contributed by atoms with van der Waals surface area (Å²) in [5.74, 6) is 0.115. The number of ether oxygens (including phenoxy) is 1. The van der Waals surface area contributed by atoms with Crippen LogP contribution in [0.25, 0.3) is 10.9 Å². The minimum absolute atomic E-state index is 0.0557. The number of amides is 1. The zero-order valence-electron chi connectivity index (χ0n) is 18.3. The molecule has 2 heterocycles. The first-order valence-corrected chi connectivity index (χ1v) is 10.5. The van der Waals surface area contributed by atoms with Gasteiger partial charge in [0.1, 0.15) is 17.9 Å². The lowest BCUT2D eigenvalue weighted by Gasteiger charge is -2.35. The van der Waals surface area contributed by atoms with Crippen LogP contribution < -0.4 is 10.1 Å². The number of anilines is 2. The molecule has 0 bridgehead atoms. The van der Waals surface area contributed by atoms with Crippen molar-refractivity contribution in [2.45, 2.75) is 25.2 Å². The van der Waals surface area contributed by atoms with Crippen LogP contribution >= 0.6 is 0 Å². The molecule has 7 nitrogen and oxygen atoms in total. The Balaban J connectivity index is 1.51. The van der Waals surface area contributed by atoms with Crippen molar-refractivity contribution in [3.05, 3.63) is 54.4 Å². The summed E-state index contributed by atoms with van der Waals surface area (Å²) >= 11 is 0. The highest BCUT2D eigenvalue weighted by molar-refractivity contribution is 6.00. The van der Waals surface area contributed by atoms with E-state index in [-0.39, 0.29) is 17.7 Å². The molecule has 4 rings (SSSR count). The first-order valence-electron chi connectivity index (χ1n) is 10.5. The van der Waals surface area contributed by atoms with E-state index in [1.165, 1.54) is 30.6 Å². The molecule has 1 aliphatic heterocycles. The van der Waals surface area contributed by atoms with Crippen molar-refractivity contribution in [2.75, 3.05) is 32.5 Å². The molecule has 1 amide bonds. The topological polar surface area (TPSA) is 70.6 Å². The summed E-state index contributed by atoms with van der Waals surface area (Å²) in [6.07, 6.45) is -1.49. The van der Waals surface area contributed by atoms with Crippen LogP contribution in [0.4, 0.5) is 24.7 Å². The van der Waals surface area contributed by atoms with Crippen molar-refractivity contribution in [2.24, 2.45) is 0 Å². The number of alkyl halides is 3. The SMILES string of the molecule is CN1CCC(N(C)C(=O)c2ccc3c(Nc4ccc(OC(F)(F)F)cc4)ncnc3c2)CC1. The van der Waals surface area contributed by atoms with Crippen LogP contribution in [0.15, 0.2) is 48.8 Å². The Morgan fingerprint density at radius 1 is 1.12 bits per heavy atom. The Morgan fingerprint density at radius 3 is 2.48 bits per heavy atom. The van der Waals surface area contributed by atoms with Crippen LogP contribution in [0.5, 0.6) is 5.75 Å². The average Bonchev–Trinajstić information content (AvgIpc) is 2.79. The van der Waals surface area contributed by atoms with E-state index >= 15 is 0 Å². The average molecular weight is 459 g/mol. The zero-order valence-corrected chi connectivity index (χ0v) is 18.3. The van der Waals surface area contributed by atoms with Crippen LogP contribution in [0.2, 0.25) is 0 Å². The summed E-state index contributed by atoms with van der Waals surface area (Å²) in [6.45, 7) is 1.93. The number of hydrogen-bond acceptors (Lipinski definition) is 6. The van der Waals surface area contributed by atoms with Crippen LogP contribution in [-0.2, 0) is 0 Å². The molecule has 0 saturated carbocycles. The number of hydrogen-bond donors (Lipinski definition) is 1. The number of benzene rings is 2. The highest BCUT2D eigenvalue weighted by Gasteiger charge is 2.31. The second kappa shape index (κ2) is 9.22. The van der Waals surface area contributed by atoms with Gasteiger partial charge in [-0.15, -0.1) is 13.2 Å². The van der Waals surface area contributed by atoms with Gasteiger partial charge in [-0.3, -0.25) is 4.79 Å². The van der Waals surface area contributed by atoms with E-state index in [0.717, 1.165) is 25.9 Å². The van der Waals surface area contributed by atoms with Crippen LogP contribution in [0.3, 0.4) is 0 Å². The smallest absolute Gasteiger partial charge is 0.406 e. The lowest BCUT2D eigenvalue weighted by atomic mass is 10.0. The van der Waals surface area contributed by atoms with Gasteiger partial charge in [-0.25, -0.2) is 9.97 Å². The van der Waals surface area contributed by atoms with Crippen molar-refractivity contribution in [3.63, 3.8) is 0 Å². The first-order chi connectivity index (χ1) is 15.7. The molecule has 3 aromatic rings. The van der Waals surface area contributed by atoms with E-state index in [0.29, 0.717) is 28.0 Å². The Bertz CT molecular complexity index is 1130. The molecule has 10 heteroatoms. The largest absolute Gasteiger partial charge is 0.573 e. The number of fused-ring (bicyclic) bond motifs is 1. The van der Waals surface area contributed by atoms with Gasteiger partial charge in [0, 0.05) is 29.7 Å². The fourth-order valence-corrected chi connectivity index (χ4v) is 3.92. The molecule has 1 saturated heterocycles. The number of aromatic nitrogens is 2. The predicted octanol–water partition coefficient (Wildman–Crippen LogP) is 4.44. The standard InChI is InChI=1S/C23H24F3N5O2/c1-30-11-9-17(10-12-30)31(2)22(32)15-3-8-19-20(13-15)27-14-28-21(19)29-16-4-6-18(7-5-16)33-23(24,25)26/h3-8,13-14,17H,9-12H2,1-2H3,(H,27,28,29). The van der Waals surface area contributed by atoms with Gasteiger partial charge in [-0.1, -0.05) is 0 Å². The number of halogens is 3. The van der Waals surface area contributed by atoms with Crippen molar-refractivity contribution in [1.82, 2.24) is 19.8 Å². The number of rotatable bonds is 5. The van der Waals surface area contributed by atoms with E-state index in [2.05, 4.69) is 32.0 Å². The Kier molecular flexibility index (Phi) is 6.37.